The number of sulfone groups is 1. The third-order valence-corrected chi connectivity index (χ3v) is 7.83. The number of hydrogen-bond acceptors (Lipinski definition) is 3. The molecule has 0 saturated carbocycles. The van der Waals surface area contributed by atoms with E-state index in [1.165, 1.54) is 12.1 Å². The number of halogens is 3. The first-order chi connectivity index (χ1) is 8.13. The Morgan fingerprint density at radius 1 is 1.44 bits per heavy atom. The van der Waals surface area contributed by atoms with Gasteiger partial charge in [0.1, 0.15) is 6.10 Å². The van der Waals surface area contributed by atoms with Crippen molar-refractivity contribution in [1.82, 2.24) is 0 Å². The molecule has 18 heavy (non-hydrogen) atoms. The van der Waals surface area contributed by atoms with Crippen molar-refractivity contribution in [2.45, 2.75) is 23.1 Å². The summed E-state index contributed by atoms with van der Waals surface area (Å²) < 4.78 is 22.1. The Morgan fingerprint density at radius 2 is 2.00 bits per heavy atom. The van der Waals surface area contributed by atoms with E-state index in [0.29, 0.717) is 10.6 Å². The second kappa shape index (κ2) is 5.67. The van der Waals surface area contributed by atoms with Crippen LogP contribution in [0.25, 0.3) is 0 Å². The molecule has 1 aromatic rings. The van der Waals surface area contributed by atoms with Gasteiger partial charge < -0.3 is 5.11 Å². The van der Waals surface area contributed by atoms with E-state index in [9.17, 15) is 13.5 Å². The summed E-state index contributed by atoms with van der Waals surface area (Å²) >= 11 is 14.9. The monoisotopic (exact) mass is 374 g/mol. The maximum Gasteiger partial charge on any atom is 0.166 e. The maximum absolute atomic E-state index is 11.8. The van der Waals surface area contributed by atoms with E-state index < -0.39 is 19.6 Å². The largest absolute Gasteiger partial charge is 0.386 e. The number of rotatable bonds is 4. The molecule has 3 nitrogen and oxygen atoms in total. The highest BCUT2D eigenvalue weighted by molar-refractivity contribution is 9.11. The summed E-state index contributed by atoms with van der Waals surface area (Å²) in [7, 11) is -3.51. The Kier molecular flexibility index (Phi) is 5.12. The van der Waals surface area contributed by atoms with E-state index in [2.05, 4.69) is 15.9 Å². The molecule has 0 radical (unpaired) electrons. The average Bonchev–Trinajstić information content (AvgIpc) is 2.25. The summed E-state index contributed by atoms with van der Waals surface area (Å²) in [6, 6.07) is 4.54. The predicted octanol–water partition coefficient (Wildman–Crippen LogP) is 3.57. The van der Waals surface area contributed by atoms with Crippen molar-refractivity contribution in [3.8, 4) is 0 Å². The van der Waals surface area contributed by atoms with Gasteiger partial charge in [0.15, 0.2) is 13.5 Å². The van der Waals surface area contributed by atoms with Gasteiger partial charge in [0.05, 0.1) is 0 Å². The van der Waals surface area contributed by atoms with Gasteiger partial charge in [-0.05, 0) is 18.6 Å². The van der Waals surface area contributed by atoms with Gasteiger partial charge in [-0.2, -0.15) is 0 Å². The molecule has 0 aliphatic rings. The zero-order chi connectivity index (χ0) is 14.1. The molecule has 0 saturated heterocycles. The first kappa shape index (κ1) is 16.2. The standard InChI is InChI=1S/C11H13BrCl2O3S/c1-3-11(12,18(2,16)17)10(15)8-5-4-7(13)6-9(8)14/h4-6,10,15H,3H2,1-2H3. The molecule has 0 spiro atoms. The Morgan fingerprint density at radius 3 is 2.39 bits per heavy atom. The number of hydrogen-bond donors (Lipinski definition) is 1. The fourth-order valence-corrected chi connectivity index (χ4v) is 3.43. The minimum absolute atomic E-state index is 0.200. The van der Waals surface area contributed by atoms with Crippen molar-refractivity contribution in [2.75, 3.05) is 6.26 Å². The van der Waals surface area contributed by atoms with E-state index in [0.717, 1.165) is 6.26 Å². The first-order valence-corrected chi connectivity index (χ1v) is 8.59. The molecular formula is C11H13BrCl2O3S. The Labute approximate surface area is 125 Å². The summed E-state index contributed by atoms with van der Waals surface area (Å²) in [5.41, 5.74) is 0.324. The minimum Gasteiger partial charge on any atom is -0.386 e. The summed E-state index contributed by atoms with van der Waals surface area (Å²) in [5, 5.41) is 10.9. The molecular weight excluding hydrogens is 363 g/mol. The third kappa shape index (κ3) is 3.02. The molecule has 102 valence electrons. The second-order valence-corrected chi connectivity index (χ2v) is 9.04. The number of benzene rings is 1. The van der Waals surface area contributed by atoms with Crippen molar-refractivity contribution in [1.29, 1.82) is 0 Å². The topological polar surface area (TPSA) is 54.4 Å². The van der Waals surface area contributed by atoms with Gasteiger partial charge in [0.2, 0.25) is 0 Å². The lowest BCUT2D eigenvalue weighted by Crippen LogP contribution is -2.37. The normalized spacial score (nSPS) is 17.2. The van der Waals surface area contributed by atoms with Crippen molar-refractivity contribution in [2.24, 2.45) is 0 Å². The quantitative estimate of drug-likeness (QED) is 0.818. The van der Waals surface area contributed by atoms with Gasteiger partial charge >= 0.3 is 0 Å². The zero-order valence-corrected chi connectivity index (χ0v) is 13.7. The number of aliphatic hydroxyl groups is 1. The fourth-order valence-electron chi connectivity index (χ4n) is 1.61. The predicted molar refractivity (Wildman–Crippen MR) is 78.2 cm³/mol. The van der Waals surface area contributed by atoms with Gasteiger partial charge in [-0.3, -0.25) is 0 Å². The van der Waals surface area contributed by atoms with E-state index in [4.69, 9.17) is 23.2 Å². The summed E-state index contributed by atoms with van der Waals surface area (Å²) in [4.78, 5) is 0. The van der Waals surface area contributed by atoms with Crippen LogP contribution in [0, 0.1) is 0 Å². The Hall–Kier alpha value is 0.190. The summed E-state index contributed by atoms with van der Waals surface area (Å²) in [6.45, 7) is 1.67. The van der Waals surface area contributed by atoms with Crippen molar-refractivity contribution in [3.63, 3.8) is 0 Å². The van der Waals surface area contributed by atoms with Crippen LogP contribution in [0.4, 0.5) is 0 Å². The molecule has 0 fully saturated rings. The Balaban J connectivity index is 3.32. The van der Waals surface area contributed by atoms with Crippen molar-refractivity contribution < 1.29 is 13.5 Å². The minimum atomic E-state index is -3.51. The van der Waals surface area contributed by atoms with Crippen LogP contribution in [0.1, 0.15) is 25.0 Å². The molecule has 0 amide bonds. The molecule has 0 aromatic heterocycles. The van der Waals surface area contributed by atoms with Crippen LogP contribution in [0.15, 0.2) is 18.2 Å². The number of alkyl halides is 1. The molecule has 0 bridgehead atoms. The lowest BCUT2D eigenvalue weighted by Gasteiger charge is -2.30. The fraction of sp³-hybridized carbons (Fsp3) is 0.455. The summed E-state index contributed by atoms with van der Waals surface area (Å²) in [6.07, 6.45) is -0.00758. The SMILES string of the molecule is CCC(Br)(C(O)c1ccc(Cl)cc1Cl)S(C)(=O)=O. The van der Waals surface area contributed by atoms with Gasteiger partial charge in [-0.15, -0.1) is 0 Å². The van der Waals surface area contributed by atoms with Gasteiger partial charge in [0.25, 0.3) is 0 Å². The molecule has 2 unspecified atom stereocenters. The summed E-state index contributed by atoms with van der Waals surface area (Å²) in [5.74, 6) is 0. The van der Waals surface area contributed by atoms with Crippen LogP contribution >= 0.6 is 39.1 Å². The second-order valence-electron chi connectivity index (χ2n) is 3.98. The van der Waals surface area contributed by atoms with Gasteiger partial charge in [-0.25, -0.2) is 8.42 Å². The van der Waals surface area contributed by atoms with E-state index >= 15 is 0 Å². The van der Waals surface area contributed by atoms with Gasteiger partial charge in [-0.1, -0.05) is 52.1 Å². The van der Waals surface area contributed by atoms with E-state index in [-0.39, 0.29) is 11.4 Å². The smallest absolute Gasteiger partial charge is 0.166 e. The van der Waals surface area contributed by atoms with Crippen LogP contribution < -0.4 is 0 Å². The molecule has 1 aromatic carbocycles. The van der Waals surface area contributed by atoms with Crippen molar-refractivity contribution >= 4 is 49.0 Å². The maximum atomic E-state index is 11.8. The average molecular weight is 376 g/mol. The molecule has 7 heteroatoms. The zero-order valence-electron chi connectivity index (χ0n) is 9.82. The highest BCUT2D eigenvalue weighted by Crippen LogP contribution is 2.43. The van der Waals surface area contributed by atoms with Crippen LogP contribution in [0.5, 0.6) is 0 Å². The molecule has 0 heterocycles. The van der Waals surface area contributed by atoms with Crippen LogP contribution in [0.3, 0.4) is 0 Å². The highest BCUT2D eigenvalue weighted by Gasteiger charge is 2.44. The van der Waals surface area contributed by atoms with Crippen LogP contribution in [0.2, 0.25) is 10.0 Å². The highest BCUT2D eigenvalue weighted by atomic mass is 79.9. The Bertz CT molecular complexity index is 547. The van der Waals surface area contributed by atoms with Gasteiger partial charge in [0, 0.05) is 21.9 Å². The molecule has 1 N–H and O–H groups in total. The molecule has 0 aliphatic carbocycles. The molecule has 0 aliphatic heterocycles. The number of aliphatic hydroxyl groups excluding tert-OH is 1. The molecule has 2 atom stereocenters. The van der Waals surface area contributed by atoms with Crippen LogP contribution in [-0.4, -0.2) is 23.4 Å². The third-order valence-electron chi connectivity index (χ3n) is 2.76. The lowest BCUT2D eigenvalue weighted by atomic mass is 10.0. The van der Waals surface area contributed by atoms with E-state index in [1.54, 1.807) is 13.0 Å². The van der Waals surface area contributed by atoms with Crippen molar-refractivity contribution in [3.05, 3.63) is 33.8 Å². The van der Waals surface area contributed by atoms with E-state index in [1.807, 2.05) is 0 Å². The van der Waals surface area contributed by atoms with Crippen LogP contribution in [-0.2, 0) is 9.84 Å². The lowest BCUT2D eigenvalue weighted by molar-refractivity contribution is 0.160. The first-order valence-electron chi connectivity index (χ1n) is 5.15. The molecule has 1 rings (SSSR count).